The maximum Gasteiger partial charge on any atom is 0.190 e. The molecule has 5 rings (SSSR count). The van der Waals surface area contributed by atoms with Gasteiger partial charge in [-0.05, 0) is 61.2 Å². The molecule has 0 aromatic carbocycles. The number of carbonyl (C=O) groups excluding carboxylic acids is 1. The zero-order valence-electron chi connectivity index (χ0n) is 15.6. The second-order valence-electron chi connectivity index (χ2n) is 10.2. The molecule has 0 heterocycles. The summed E-state index contributed by atoms with van der Waals surface area (Å²) < 4.78 is 0. The van der Waals surface area contributed by atoms with Gasteiger partial charge in [0.25, 0.3) is 0 Å². The van der Waals surface area contributed by atoms with E-state index in [1.807, 2.05) is 6.92 Å². The van der Waals surface area contributed by atoms with Gasteiger partial charge < -0.3 is 20.4 Å². The summed E-state index contributed by atoms with van der Waals surface area (Å²) in [5.74, 6) is -0.550. The number of hydrogen-bond donors (Lipinski definition) is 4. The zero-order chi connectivity index (χ0) is 18.6. The molecule has 4 fully saturated rings. The standard InChI is InChI=1S/C21H30O5/c1-19-7-12-14-6-13-11(4-3-10(19)5-15(12)23)18(19)16(24)8-20(13,2)21(14,26)17(25)9-22/h3,11-16,18,22-24,26H,4-9H2,1-2H3/t11-,12?,13-,14?,15?,16?,18+,19-,20-,21-/m0/s1. The Labute approximate surface area is 154 Å². The van der Waals surface area contributed by atoms with E-state index in [4.69, 9.17) is 0 Å². The summed E-state index contributed by atoms with van der Waals surface area (Å²) in [5.41, 5.74) is -1.34. The van der Waals surface area contributed by atoms with Crippen LogP contribution in [-0.4, -0.2) is 50.6 Å². The molecule has 0 aromatic heterocycles. The molecular formula is C21H30O5. The average Bonchev–Trinajstić information content (AvgIpc) is 2.83. The number of carbonyl (C=O) groups is 1. The second kappa shape index (κ2) is 4.99. The Morgan fingerprint density at radius 2 is 1.88 bits per heavy atom. The van der Waals surface area contributed by atoms with E-state index in [0.717, 1.165) is 6.42 Å². The fraction of sp³-hybridized carbons (Fsp3) is 0.857. The molecule has 5 heteroatoms. The number of aliphatic hydroxyl groups is 4. The summed E-state index contributed by atoms with van der Waals surface area (Å²) in [4.78, 5) is 12.9. The van der Waals surface area contributed by atoms with E-state index in [1.165, 1.54) is 5.57 Å². The molecule has 6 bridgehead atoms. The number of ketones is 1. The SMILES string of the molecule is C[C@]12CC3C(O)CC1=CC[C@@H]1[C@@H]2C(O)C[C@@]2(C)[C@H]1CC3[C@]2(O)C(=O)CO. The number of hydrogen-bond acceptors (Lipinski definition) is 5. The van der Waals surface area contributed by atoms with Gasteiger partial charge in [-0.3, -0.25) is 4.79 Å². The molecule has 0 aliphatic heterocycles. The van der Waals surface area contributed by atoms with Gasteiger partial charge in [0.2, 0.25) is 0 Å². The lowest BCUT2D eigenvalue weighted by Crippen LogP contribution is -2.61. The van der Waals surface area contributed by atoms with Gasteiger partial charge in [-0.1, -0.05) is 25.5 Å². The van der Waals surface area contributed by atoms with Gasteiger partial charge in [0.15, 0.2) is 5.78 Å². The van der Waals surface area contributed by atoms with Crippen molar-refractivity contribution in [2.24, 2.45) is 40.4 Å². The second-order valence-corrected chi connectivity index (χ2v) is 10.2. The minimum atomic E-state index is -1.67. The Bertz CT molecular complexity index is 703. The number of allylic oxidation sites excluding steroid dienone is 1. The van der Waals surface area contributed by atoms with Crippen molar-refractivity contribution in [2.45, 2.75) is 63.8 Å². The molecule has 0 radical (unpaired) electrons. The predicted octanol–water partition coefficient (Wildman–Crippen LogP) is 1.04. The van der Waals surface area contributed by atoms with Gasteiger partial charge in [-0.2, -0.15) is 0 Å². The Hall–Kier alpha value is -0.750. The topological polar surface area (TPSA) is 98.0 Å². The van der Waals surface area contributed by atoms with Gasteiger partial charge in [0.05, 0.1) is 12.2 Å². The Morgan fingerprint density at radius 1 is 1.15 bits per heavy atom. The lowest BCUT2D eigenvalue weighted by molar-refractivity contribution is -0.180. The van der Waals surface area contributed by atoms with Crippen molar-refractivity contribution in [2.75, 3.05) is 6.61 Å². The molecule has 5 aliphatic rings. The van der Waals surface area contributed by atoms with Crippen molar-refractivity contribution in [3.05, 3.63) is 11.6 Å². The third-order valence-corrected chi connectivity index (χ3v) is 9.53. The molecular weight excluding hydrogens is 332 g/mol. The largest absolute Gasteiger partial charge is 0.393 e. The molecule has 0 aromatic rings. The quantitative estimate of drug-likeness (QED) is 0.550. The molecule has 26 heavy (non-hydrogen) atoms. The summed E-state index contributed by atoms with van der Waals surface area (Å²) in [6.07, 6.45) is 4.33. The minimum absolute atomic E-state index is 0.128. The van der Waals surface area contributed by atoms with Crippen LogP contribution in [0, 0.1) is 40.4 Å². The number of Topliss-reactive ketones (excluding diaryl/α,β-unsaturated/α-hetero) is 1. The van der Waals surface area contributed by atoms with Gasteiger partial charge in [0.1, 0.15) is 12.2 Å². The Balaban J connectivity index is 1.78. The van der Waals surface area contributed by atoms with Crippen LogP contribution in [0.2, 0.25) is 0 Å². The molecule has 5 nitrogen and oxygen atoms in total. The Morgan fingerprint density at radius 3 is 2.58 bits per heavy atom. The van der Waals surface area contributed by atoms with Gasteiger partial charge >= 0.3 is 0 Å². The summed E-state index contributed by atoms with van der Waals surface area (Å²) in [5, 5.41) is 43.6. The normalized spacial score (nSPS) is 59.8. The van der Waals surface area contributed by atoms with E-state index < -0.39 is 35.6 Å². The highest BCUT2D eigenvalue weighted by Crippen LogP contribution is 2.73. The van der Waals surface area contributed by atoms with Gasteiger partial charge in [-0.15, -0.1) is 0 Å². The zero-order valence-corrected chi connectivity index (χ0v) is 15.6. The Kier molecular flexibility index (Phi) is 3.33. The summed E-state index contributed by atoms with van der Waals surface area (Å²) in [6, 6.07) is 0. The number of rotatable bonds is 2. The molecule has 0 spiro atoms. The first-order valence-corrected chi connectivity index (χ1v) is 10.1. The highest BCUT2D eigenvalue weighted by Gasteiger charge is 2.75. The van der Waals surface area contributed by atoms with E-state index >= 15 is 0 Å². The first-order valence-electron chi connectivity index (χ1n) is 10.1. The lowest BCUT2D eigenvalue weighted by atomic mass is 9.45. The van der Waals surface area contributed by atoms with Crippen LogP contribution in [0.15, 0.2) is 11.6 Å². The predicted molar refractivity (Wildman–Crippen MR) is 93.9 cm³/mol. The molecule has 4 saturated carbocycles. The van der Waals surface area contributed by atoms with Crippen molar-refractivity contribution in [1.82, 2.24) is 0 Å². The van der Waals surface area contributed by atoms with E-state index in [9.17, 15) is 25.2 Å². The third kappa shape index (κ3) is 1.66. The van der Waals surface area contributed by atoms with Crippen LogP contribution in [0.4, 0.5) is 0 Å². The molecule has 5 aliphatic carbocycles. The van der Waals surface area contributed by atoms with Crippen molar-refractivity contribution in [3.63, 3.8) is 0 Å². The monoisotopic (exact) mass is 362 g/mol. The number of fused-ring (bicyclic) bond motifs is 3. The van der Waals surface area contributed by atoms with Crippen LogP contribution in [0.25, 0.3) is 0 Å². The highest BCUT2D eigenvalue weighted by molar-refractivity contribution is 5.90. The molecule has 4 N–H and O–H groups in total. The molecule has 0 saturated heterocycles. The maximum absolute atomic E-state index is 12.9. The maximum atomic E-state index is 12.9. The van der Waals surface area contributed by atoms with Crippen LogP contribution in [0.1, 0.15) is 46.0 Å². The van der Waals surface area contributed by atoms with E-state index in [0.29, 0.717) is 25.7 Å². The van der Waals surface area contributed by atoms with Crippen molar-refractivity contribution >= 4 is 5.78 Å². The van der Waals surface area contributed by atoms with E-state index in [2.05, 4.69) is 13.0 Å². The minimum Gasteiger partial charge on any atom is -0.393 e. The van der Waals surface area contributed by atoms with Crippen LogP contribution >= 0.6 is 0 Å². The smallest absolute Gasteiger partial charge is 0.190 e. The fourth-order valence-corrected chi connectivity index (χ4v) is 8.52. The van der Waals surface area contributed by atoms with Crippen LogP contribution < -0.4 is 0 Å². The lowest BCUT2D eigenvalue weighted by Gasteiger charge is -2.60. The molecule has 144 valence electrons. The van der Waals surface area contributed by atoms with Crippen molar-refractivity contribution < 1.29 is 25.2 Å². The molecule has 4 unspecified atom stereocenters. The van der Waals surface area contributed by atoms with E-state index in [-0.39, 0.29) is 35.0 Å². The van der Waals surface area contributed by atoms with Gasteiger partial charge in [0, 0.05) is 11.3 Å². The highest BCUT2D eigenvalue weighted by atomic mass is 16.3. The summed E-state index contributed by atoms with van der Waals surface area (Å²) in [7, 11) is 0. The molecule has 10 atom stereocenters. The first-order chi connectivity index (χ1) is 12.2. The van der Waals surface area contributed by atoms with Crippen LogP contribution in [0.5, 0.6) is 0 Å². The van der Waals surface area contributed by atoms with Crippen LogP contribution in [0.3, 0.4) is 0 Å². The first kappa shape index (κ1) is 17.4. The third-order valence-electron chi connectivity index (χ3n) is 9.53. The fourth-order valence-electron chi connectivity index (χ4n) is 8.52. The number of aliphatic hydroxyl groups excluding tert-OH is 3. The van der Waals surface area contributed by atoms with Crippen molar-refractivity contribution in [1.29, 1.82) is 0 Å². The summed E-state index contributed by atoms with van der Waals surface area (Å²) in [6.45, 7) is 3.47. The van der Waals surface area contributed by atoms with Gasteiger partial charge in [-0.25, -0.2) is 0 Å². The summed E-state index contributed by atoms with van der Waals surface area (Å²) >= 11 is 0. The van der Waals surface area contributed by atoms with Crippen molar-refractivity contribution in [3.8, 4) is 0 Å². The molecule has 0 amide bonds. The average molecular weight is 362 g/mol. The van der Waals surface area contributed by atoms with Crippen LogP contribution in [-0.2, 0) is 4.79 Å². The van der Waals surface area contributed by atoms with E-state index in [1.54, 1.807) is 0 Å².